The fourth-order valence-corrected chi connectivity index (χ4v) is 4.88. The van der Waals surface area contributed by atoms with Crippen LogP contribution in [0.4, 0.5) is 5.82 Å². The number of likely N-dealkylation sites (tertiary alicyclic amines) is 1. The maximum absolute atomic E-state index is 4.85. The van der Waals surface area contributed by atoms with Gasteiger partial charge in [0.2, 0.25) is 0 Å². The molecule has 3 aromatic rings. The molecule has 5 rings (SSSR count). The van der Waals surface area contributed by atoms with Gasteiger partial charge in [-0.05, 0) is 61.9 Å². The largest absolute Gasteiger partial charge is 0.355 e. The van der Waals surface area contributed by atoms with Gasteiger partial charge in [-0.15, -0.1) is 0 Å². The first-order valence-corrected chi connectivity index (χ1v) is 10.4. The van der Waals surface area contributed by atoms with Gasteiger partial charge in [-0.25, -0.2) is 4.98 Å². The Morgan fingerprint density at radius 3 is 2.50 bits per heavy atom. The van der Waals surface area contributed by atoms with Crippen molar-refractivity contribution in [3.63, 3.8) is 0 Å². The summed E-state index contributed by atoms with van der Waals surface area (Å²) in [6, 6.07) is 14.3. The lowest BCUT2D eigenvalue weighted by molar-refractivity contribution is 0.0597. The van der Waals surface area contributed by atoms with Crippen LogP contribution >= 0.6 is 0 Å². The number of anilines is 1. The number of rotatable bonds is 3. The smallest absolute Gasteiger partial charge is 0.147 e. The second-order valence-corrected chi connectivity index (χ2v) is 8.34. The highest BCUT2D eigenvalue weighted by molar-refractivity contribution is 5.75. The van der Waals surface area contributed by atoms with E-state index in [2.05, 4.69) is 31.9 Å². The Morgan fingerprint density at radius 1 is 0.857 bits per heavy atom. The molecule has 2 aromatic heterocycles. The van der Waals surface area contributed by atoms with E-state index in [1.807, 2.05) is 42.7 Å². The summed E-state index contributed by atoms with van der Waals surface area (Å²) >= 11 is 0. The van der Waals surface area contributed by atoms with Crippen molar-refractivity contribution in [2.24, 2.45) is 5.41 Å². The second kappa shape index (κ2) is 7.47. The molecular weight excluding hydrogens is 346 g/mol. The number of nitrogens with zero attached hydrogens (tertiary/aromatic N) is 5. The molecule has 0 unspecified atom stereocenters. The fourth-order valence-electron chi connectivity index (χ4n) is 4.88. The summed E-state index contributed by atoms with van der Waals surface area (Å²) in [5, 5.41) is 0. The first kappa shape index (κ1) is 17.6. The standard InChI is InChI=1S/C23H27N5/c1-2-8-21-20(7-1)25-16-22(26-21)28-14-10-23(11-15-28)9-5-13-27(18-23)17-19-6-3-4-12-24-19/h1-4,6-8,12,16H,5,9-11,13-15,17-18H2. The van der Waals surface area contributed by atoms with Crippen LogP contribution in [-0.4, -0.2) is 46.0 Å². The second-order valence-electron chi connectivity index (χ2n) is 8.34. The summed E-state index contributed by atoms with van der Waals surface area (Å²) in [5.74, 6) is 1.02. The van der Waals surface area contributed by atoms with Gasteiger partial charge in [0.25, 0.3) is 0 Å². The fraction of sp³-hybridized carbons (Fsp3) is 0.435. The maximum atomic E-state index is 4.85. The number of para-hydroxylation sites is 2. The summed E-state index contributed by atoms with van der Waals surface area (Å²) in [5.41, 5.74) is 3.59. The lowest BCUT2D eigenvalue weighted by atomic mass is 9.72. The van der Waals surface area contributed by atoms with E-state index >= 15 is 0 Å². The first-order chi connectivity index (χ1) is 13.8. The SMILES string of the molecule is c1ccc(CN2CCCC3(CCN(c4cnc5ccccc5n4)CC3)C2)nc1. The van der Waals surface area contributed by atoms with Crippen LogP contribution in [0.5, 0.6) is 0 Å². The van der Waals surface area contributed by atoms with E-state index < -0.39 is 0 Å². The molecule has 1 aromatic carbocycles. The Kier molecular flexibility index (Phi) is 4.69. The minimum Gasteiger partial charge on any atom is -0.355 e. The average Bonchev–Trinajstić information content (AvgIpc) is 2.75. The van der Waals surface area contributed by atoms with Crippen LogP contribution in [0, 0.1) is 5.41 Å². The predicted octanol–water partition coefficient (Wildman–Crippen LogP) is 3.91. The van der Waals surface area contributed by atoms with Gasteiger partial charge in [0.05, 0.1) is 22.9 Å². The molecule has 28 heavy (non-hydrogen) atoms. The summed E-state index contributed by atoms with van der Waals surface area (Å²) in [6.45, 7) is 5.51. The van der Waals surface area contributed by atoms with Gasteiger partial charge in [-0.3, -0.25) is 14.9 Å². The number of fused-ring (bicyclic) bond motifs is 1. The Hall–Kier alpha value is -2.53. The van der Waals surface area contributed by atoms with Gasteiger partial charge in [-0.1, -0.05) is 18.2 Å². The number of piperidine rings is 2. The van der Waals surface area contributed by atoms with Crippen molar-refractivity contribution in [3.05, 3.63) is 60.6 Å². The third-order valence-corrected chi connectivity index (χ3v) is 6.44. The molecule has 1 spiro atoms. The lowest BCUT2D eigenvalue weighted by Gasteiger charge is -2.48. The molecule has 2 aliphatic heterocycles. The Morgan fingerprint density at radius 2 is 1.68 bits per heavy atom. The topological polar surface area (TPSA) is 45.2 Å². The zero-order valence-electron chi connectivity index (χ0n) is 16.3. The van der Waals surface area contributed by atoms with E-state index in [9.17, 15) is 0 Å². The van der Waals surface area contributed by atoms with Gasteiger partial charge < -0.3 is 4.90 Å². The molecule has 0 atom stereocenters. The molecular formula is C23H27N5. The highest BCUT2D eigenvalue weighted by atomic mass is 15.2. The van der Waals surface area contributed by atoms with E-state index in [1.54, 1.807) is 0 Å². The van der Waals surface area contributed by atoms with E-state index in [0.29, 0.717) is 5.41 Å². The van der Waals surface area contributed by atoms with Crippen molar-refractivity contribution >= 4 is 16.9 Å². The maximum Gasteiger partial charge on any atom is 0.147 e. The zero-order valence-corrected chi connectivity index (χ0v) is 16.3. The minimum absolute atomic E-state index is 0.452. The van der Waals surface area contributed by atoms with Gasteiger partial charge in [0.1, 0.15) is 5.82 Å². The molecule has 0 amide bonds. The third-order valence-electron chi connectivity index (χ3n) is 6.44. The molecule has 5 nitrogen and oxygen atoms in total. The van der Waals surface area contributed by atoms with Crippen molar-refractivity contribution in [2.75, 3.05) is 31.1 Å². The lowest BCUT2D eigenvalue weighted by Crippen LogP contribution is -2.49. The van der Waals surface area contributed by atoms with Crippen molar-refractivity contribution in [1.82, 2.24) is 19.9 Å². The summed E-state index contributed by atoms with van der Waals surface area (Å²) < 4.78 is 0. The highest BCUT2D eigenvalue weighted by Crippen LogP contribution is 2.40. The monoisotopic (exact) mass is 373 g/mol. The van der Waals surface area contributed by atoms with Crippen LogP contribution in [0.1, 0.15) is 31.4 Å². The van der Waals surface area contributed by atoms with Crippen LogP contribution in [0.15, 0.2) is 54.9 Å². The van der Waals surface area contributed by atoms with Gasteiger partial charge in [-0.2, -0.15) is 0 Å². The number of pyridine rings is 1. The minimum atomic E-state index is 0.452. The summed E-state index contributed by atoms with van der Waals surface area (Å²) in [7, 11) is 0. The van der Waals surface area contributed by atoms with E-state index in [-0.39, 0.29) is 0 Å². The van der Waals surface area contributed by atoms with Crippen molar-refractivity contribution in [2.45, 2.75) is 32.2 Å². The van der Waals surface area contributed by atoms with Gasteiger partial charge in [0, 0.05) is 32.4 Å². The van der Waals surface area contributed by atoms with E-state index in [0.717, 1.165) is 36.5 Å². The summed E-state index contributed by atoms with van der Waals surface area (Å²) in [4.78, 5) is 19.0. The zero-order chi connectivity index (χ0) is 18.8. The average molecular weight is 374 g/mol. The van der Waals surface area contributed by atoms with Crippen LogP contribution in [0.25, 0.3) is 11.0 Å². The van der Waals surface area contributed by atoms with Crippen molar-refractivity contribution < 1.29 is 0 Å². The quantitative estimate of drug-likeness (QED) is 0.697. The first-order valence-electron chi connectivity index (χ1n) is 10.4. The number of aromatic nitrogens is 3. The Labute approximate surface area is 166 Å². The predicted molar refractivity (Wildman–Crippen MR) is 112 cm³/mol. The molecule has 0 N–H and O–H groups in total. The number of benzene rings is 1. The summed E-state index contributed by atoms with van der Waals surface area (Å²) in [6.07, 6.45) is 8.96. The molecule has 5 heteroatoms. The molecule has 0 aliphatic carbocycles. The highest BCUT2D eigenvalue weighted by Gasteiger charge is 2.38. The molecule has 2 saturated heterocycles. The molecule has 2 fully saturated rings. The Bertz CT molecular complexity index is 934. The molecule has 0 bridgehead atoms. The molecule has 4 heterocycles. The molecule has 144 valence electrons. The molecule has 2 aliphatic rings. The van der Waals surface area contributed by atoms with E-state index in [1.165, 1.54) is 44.5 Å². The van der Waals surface area contributed by atoms with E-state index in [4.69, 9.17) is 4.98 Å². The Balaban J connectivity index is 1.25. The number of hydrogen-bond acceptors (Lipinski definition) is 5. The van der Waals surface area contributed by atoms with Gasteiger partial charge >= 0.3 is 0 Å². The van der Waals surface area contributed by atoms with Crippen LogP contribution in [-0.2, 0) is 6.54 Å². The molecule has 0 saturated carbocycles. The van der Waals surface area contributed by atoms with Crippen LogP contribution in [0.3, 0.4) is 0 Å². The normalized spacial score (nSPS) is 19.9. The van der Waals surface area contributed by atoms with Crippen LogP contribution in [0.2, 0.25) is 0 Å². The van der Waals surface area contributed by atoms with Crippen molar-refractivity contribution in [1.29, 1.82) is 0 Å². The van der Waals surface area contributed by atoms with Crippen molar-refractivity contribution in [3.8, 4) is 0 Å². The van der Waals surface area contributed by atoms with Crippen LogP contribution < -0.4 is 4.90 Å². The third kappa shape index (κ3) is 3.59. The number of hydrogen-bond donors (Lipinski definition) is 0. The molecule has 0 radical (unpaired) electrons. The van der Waals surface area contributed by atoms with Gasteiger partial charge in [0.15, 0.2) is 0 Å².